The summed E-state index contributed by atoms with van der Waals surface area (Å²) in [6.07, 6.45) is 1.18. The zero-order valence-corrected chi connectivity index (χ0v) is 27.7. The van der Waals surface area contributed by atoms with E-state index < -0.39 is 22.9 Å². The second-order valence-corrected chi connectivity index (χ2v) is 12.5. The van der Waals surface area contributed by atoms with Crippen molar-refractivity contribution in [3.05, 3.63) is 147 Å². The van der Waals surface area contributed by atoms with Crippen molar-refractivity contribution in [1.82, 2.24) is 14.7 Å². The molecule has 1 heterocycles. The number of aromatic nitrogens is 2. The summed E-state index contributed by atoms with van der Waals surface area (Å²) in [4.78, 5) is 53.6. The smallest absolute Gasteiger partial charge is 0.295 e. The van der Waals surface area contributed by atoms with Crippen molar-refractivity contribution in [3.63, 3.8) is 0 Å². The fourth-order valence-corrected chi connectivity index (χ4v) is 5.92. The maximum atomic E-state index is 14.7. The van der Waals surface area contributed by atoms with Crippen LogP contribution < -0.4 is 21.5 Å². The van der Waals surface area contributed by atoms with E-state index >= 15 is 0 Å². The summed E-state index contributed by atoms with van der Waals surface area (Å²) in [5.41, 5.74) is 1.46. The van der Waals surface area contributed by atoms with Gasteiger partial charge in [0.15, 0.2) is 0 Å². The molecule has 12 heteroatoms. The number of anilines is 2. The van der Waals surface area contributed by atoms with Crippen molar-refractivity contribution in [2.75, 3.05) is 10.6 Å². The molecule has 244 valence electrons. The molecule has 0 saturated heterocycles. The first-order valence-electron chi connectivity index (χ1n) is 14.8. The lowest BCUT2D eigenvalue weighted by atomic mass is 10.1. The lowest BCUT2D eigenvalue weighted by Gasteiger charge is -2.14. The van der Waals surface area contributed by atoms with Crippen LogP contribution in [0, 0.1) is 12.7 Å². The molecule has 3 amide bonds. The molecule has 48 heavy (non-hydrogen) atoms. The minimum atomic E-state index is -0.721. The molecule has 0 radical (unpaired) electrons. The van der Waals surface area contributed by atoms with Crippen molar-refractivity contribution < 1.29 is 18.8 Å². The molecule has 0 bridgehead atoms. The van der Waals surface area contributed by atoms with E-state index in [0.717, 1.165) is 0 Å². The van der Waals surface area contributed by atoms with Gasteiger partial charge in [-0.15, -0.1) is 11.8 Å². The number of amides is 3. The quantitative estimate of drug-likeness (QED) is 0.111. The van der Waals surface area contributed by atoms with E-state index in [1.54, 1.807) is 80.2 Å². The Hall–Kier alpha value is -5.39. The average Bonchev–Trinajstić information content (AvgIpc) is 3.29. The number of benzene rings is 4. The Labute approximate surface area is 285 Å². The van der Waals surface area contributed by atoms with Crippen LogP contribution in [0.4, 0.5) is 15.8 Å². The maximum absolute atomic E-state index is 14.7. The number of carbonyl (C=O) groups is 3. The Morgan fingerprint density at radius 1 is 0.896 bits per heavy atom. The van der Waals surface area contributed by atoms with Gasteiger partial charge in [-0.2, -0.15) is 0 Å². The van der Waals surface area contributed by atoms with E-state index in [4.69, 9.17) is 11.6 Å². The summed E-state index contributed by atoms with van der Waals surface area (Å²) >= 11 is 7.43. The van der Waals surface area contributed by atoms with Crippen molar-refractivity contribution in [2.24, 2.45) is 7.05 Å². The fourth-order valence-electron chi connectivity index (χ4n) is 4.78. The van der Waals surface area contributed by atoms with Gasteiger partial charge in [-0.3, -0.25) is 23.9 Å². The SMILES string of the molecule is Cc1c(NC(=O)C(C)Sc2cccc(NC(=O)/C(=C\c3c(F)cccc3Cl)NC(=O)c3ccccc3)c2)c(=O)n(-c2ccccc2)n1C. The third-order valence-corrected chi connectivity index (χ3v) is 8.82. The van der Waals surface area contributed by atoms with Crippen LogP contribution in [-0.2, 0) is 16.6 Å². The average molecular weight is 684 g/mol. The molecule has 5 aromatic rings. The lowest BCUT2D eigenvalue weighted by Crippen LogP contribution is -2.30. The number of thioether (sulfide) groups is 1. The van der Waals surface area contributed by atoms with Crippen LogP contribution in [0.1, 0.15) is 28.5 Å². The molecule has 0 aliphatic rings. The molecule has 1 unspecified atom stereocenters. The standard InChI is InChI=1S/C36H31ClFN5O4S/c1-22-32(36(47)43(42(22)3)26-15-8-5-9-16-26)41-33(44)23(2)48-27-17-10-14-25(20-27)39-35(46)31(21-28-29(37)18-11-19-30(28)38)40-34(45)24-12-6-4-7-13-24/h4-21,23H,1-3H3,(H,39,46)(H,40,45)(H,41,44)/b31-21+. The van der Waals surface area contributed by atoms with Crippen LogP contribution in [0.2, 0.25) is 5.02 Å². The van der Waals surface area contributed by atoms with Gasteiger partial charge >= 0.3 is 0 Å². The van der Waals surface area contributed by atoms with E-state index in [9.17, 15) is 23.6 Å². The van der Waals surface area contributed by atoms with E-state index in [0.29, 0.717) is 27.5 Å². The molecule has 5 rings (SSSR count). The number of hydrogen-bond acceptors (Lipinski definition) is 5. The number of nitrogens with one attached hydrogen (secondary N) is 3. The third-order valence-electron chi connectivity index (χ3n) is 7.39. The number of hydrogen-bond donors (Lipinski definition) is 3. The summed E-state index contributed by atoms with van der Waals surface area (Å²) in [6, 6.07) is 28.3. The summed E-state index contributed by atoms with van der Waals surface area (Å²) in [5.74, 6) is -2.34. The predicted octanol–water partition coefficient (Wildman–Crippen LogP) is 6.81. The molecule has 1 aromatic heterocycles. The molecule has 1 atom stereocenters. The Bertz CT molecular complexity index is 2060. The van der Waals surface area contributed by atoms with Crippen LogP contribution >= 0.6 is 23.4 Å². The highest BCUT2D eigenvalue weighted by Gasteiger charge is 2.22. The second-order valence-electron chi connectivity index (χ2n) is 10.7. The van der Waals surface area contributed by atoms with Crippen molar-refractivity contribution >= 4 is 58.5 Å². The molecule has 9 nitrogen and oxygen atoms in total. The maximum Gasteiger partial charge on any atom is 0.295 e. The highest BCUT2D eigenvalue weighted by molar-refractivity contribution is 8.00. The van der Waals surface area contributed by atoms with Crippen LogP contribution in [-0.4, -0.2) is 32.3 Å². The van der Waals surface area contributed by atoms with Gasteiger partial charge < -0.3 is 16.0 Å². The first kappa shape index (κ1) is 34.0. The molecule has 0 saturated carbocycles. The lowest BCUT2D eigenvalue weighted by molar-refractivity contribution is -0.115. The summed E-state index contributed by atoms with van der Waals surface area (Å²) in [6.45, 7) is 3.46. The number of halogens is 2. The molecule has 0 aliphatic carbocycles. The third kappa shape index (κ3) is 7.76. The van der Waals surface area contributed by atoms with Gasteiger partial charge in [0.2, 0.25) is 5.91 Å². The van der Waals surface area contributed by atoms with Gasteiger partial charge in [-0.05, 0) is 74.5 Å². The summed E-state index contributed by atoms with van der Waals surface area (Å²) in [7, 11) is 1.75. The highest BCUT2D eigenvalue weighted by Crippen LogP contribution is 2.28. The fraction of sp³-hybridized carbons (Fsp3) is 0.111. The Kier molecular flexibility index (Phi) is 10.6. The molecule has 0 spiro atoms. The van der Waals surface area contributed by atoms with E-state index in [1.807, 2.05) is 30.3 Å². The Morgan fingerprint density at radius 3 is 2.25 bits per heavy atom. The molecular weight excluding hydrogens is 653 g/mol. The monoisotopic (exact) mass is 683 g/mol. The first-order valence-corrected chi connectivity index (χ1v) is 16.0. The minimum absolute atomic E-state index is 0.0598. The normalized spacial score (nSPS) is 11.9. The zero-order chi connectivity index (χ0) is 34.4. The van der Waals surface area contributed by atoms with Crippen molar-refractivity contribution in [3.8, 4) is 5.69 Å². The van der Waals surface area contributed by atoms with Gasteiger partial charge in [-0.25, -0.2) is 9.07 Å². The van der Waals surface area contributed by atoms with Crippen molar-refractivity contribution in [2.45, 2.75) is 24.0 Å². The van der Waals surface area contributed by atoms with E-state index in [-0.39, 0.29) is 33.4 Å². The highest BCUT2D eigenvalue weighted by atomic mass is 35.5. The zero-order valence-electron chi connectivity index (χ0n) is 26.2. The molecular formula is C36H31ClFN5O4S. The number of para-hydroxylation sites is 1. The first-order chi connectivity index (χ1) is 23.0. The van der Waals surface area contributed by atoms with Gasteiger partial charge in [0.25, 0.3) is 17.4 Å². The second kappa shape index (κ2) is 15.0. The van der Waals surface area contributed by atoms with Gasteiger partial charge in [0.1, 0.15) is 17.2 Å². The van der Waals surface area contributed by atoms with Crippen molar-refractivity contribution in [1.29, 1.82) is 0 Å². The molecule has 0 aliphatic heterocycles. The Balaban J connectivity index is 1.32. The van der Waals surface area contributed by atoms with E-state index in [2.05, 4.69) is 16.0 Å². The molecule has 4 aromatic carbocycles. The van der Waals surface area contributed by atoms with Crippen LogP contribution in [0.5, 0.6) is 0 Å². The van der Waals surface area contributed by atoms with Gasteiger partial charge in [-0.1, -0.05) is 60.1 Å². The van der Waals surface area contributed by atoms with Gasteiger partial charge in [0.05, 0.1) is 21.7 Å². The van der Waals surface area contributed by atoms with Crippen LogP contribution in [0.15, 0.2) is 119 Å². The summed E-state index contributed by atoms with van der Waals surface area (Å²) < 4.78 is 17.8. The van der Waals surface area contributed by atoms with E-state index in [1.165, 1.54) is 40.7 Å². The Morgan fingerprint density at radius 2 is 1.56 bits per heavy atom. The number of nitrogens with zero attached hydrogens (tertiary/aromatic N) is 2. The molecule has 3 N–H and O–H groups in total. The van der Waals surface area contributed by atoms with Gasteiger partial charge in [0, 0.05) is 28.8 Å². The van der Waals surface area contributed by atoms with Crippen LogP contribution in [0.25, 0.3) is 11.8 Å². The van der Waals surface area contributed by atoms with Crippen LogP contribution in [0.3, 0.4) is 0 Å². The number of carbonyl (C=O) groups excluding carboxylic acids is 3. The molecule has 0 fully saturated rings. The predicted molar refractivity (Wildman–Crippen MR) is 188 cm³/mol. The number of rotatable bonds is 10. The summed E-state index contributed by atoms with van der Waals surface area (Å²) in [5, 5.41) is 7.52. The minimum Gasteiger partial charge on any atom is -0.321 e. The topological polar surface area (TPSA) is 114 Å². The largest absolute Gasteiger partial charge is 0.321 e.